The van der Waals surface area contributed by atoms with E-state index in [9.17, 15) is 18.9 Å². The summed E-state index contributed by atoms with van der Waals surface area (Å²) in [5, 5.41) is -0.301. The van der Waals surface area contributed by atoms with Gasteiger partial charge in [-0.1, -0.05) is 0 Å². The van der Waals surface area contributed by atoms with Crippen molar-refractivity contribution in [3.05, 3.63) is 11.6 Å². The first-order valence-electron chi connectivity index (χ1n) is 15.7. The van der Waals surface area contributed by atoms with Gasteiger partial charge in [0.2, 0.25) is 5.28 Å². The minimum absolute atomic E-state index is 0.0120. The number of nitrogens with zero attached hydrogens (tertiary/aromatic N) is 5. The maximum Gasteiger partial charge on any atom is 0.425 e. The first-order chi connectivity index (χ1) is 22.2. The lowest BCUT2D eigenvalue weighted by Gasteiger charge is -2.28. The molecular formula is C30H45ClN5O11P. The summed E-state index contributed by atoms with van der Waals surface area (Å²) in [7, 11) is -3.57. The third-order valence-corrected chi connectivity index (χ3v) is 9.08. The third-order valence-electron chi connectivity index (χ3n) is 6.87. The molecular weight excluding hydrogens is 673 g/mol. The highest BCUT2D eigenvalue weighted by Gasteiger charge is 2.56. The standard InChI is InChI=1S/C30H45ClN5O11P/c1-11-41-48(40,42-12-2)15-17(37)13-14-18-20-21(45-30(9,10)44-20)24(43-18)35-16-32-19-22(35)33-25(31)34-23(19)36(26(38)46-28(3,4)5)27(39)47-29(6,7)8/h16,18,20-21,24H,11-15H2,1-10H3/t18-,20+,21?,24-/m1/s1. The number of aromatic nitrogens is 4. The van der Waals surface area contributed by atoms with E-state index in [-0.39, 0.29) is 60.3 Å². The van der Waals surface area contributed by atoms with Crippen molar-refractivity contribution in [3.8, 4) is 0 Å². The number of Topliss-reactive ketones (excluding diaryl/α,β-unsaturated/α-hetero) is 1. The molecule has 18 heteroatoms. The van der Waals surface area contributed by atoms with Crippen molar-refractivity contribution < 1.29 is 51.7 Å². The molecule has 1 unspecified atom stereocenters. The van der Waals surface area contributed by atoms with E-state index in [2.05, 4.69) is 15.0 Å². The molecule has 2 fully saturated rings. The van der Waals surface area contributed by atoms with Crippen molar-refractivity contribution in [2.24, 2.45) is 0 Å². The topological polar surface area (TPSA) is 180 Å². The molecule has 2 aromatic rings. The second-order valence-electron chi connectivity index (χ2n) is 13.7. The second kappa shape index (κ2) is 14.3. The quantitative estimate of drug-likeness (QED) is 0.190. The van der Waals surface area contributed by atoms with Crippen LogP contribution in [0.1, 0.15) is 88.3 Å². The van der Waals surface area contributed by atoms with E-state index in [0.717, 1.165) is 0 Å². The monoisotopic (exact) mass is 717 g/mol. The van der Waals surface area contributed by atoms with Gasteiger partial charge in [0, 0.05) is 6.42 Å². The number of fused-ring (bicyclic) bond motifs is 2. The fourth-order valence-electron chi connectivity index (χ4n) is 5.32. The van der Waals surface area contributed by atoms with Gasteiger partial charge >= 0.3 is 19.8 Å². The van der Waals surface area contributed by atoms with Crippen LogP contribution in [0.5, 0.6) is 0 Å². The molecule has 0 bridgehead atoms. The number of anilines is 1. The lowest BCUT2D eigenvalue weighted by molar-refractivity contribution is -0.197. The smallest absolute Gasteiger partial charge is 0.425 e. The maximum absolute atomic E-state index is 13.4. The molecule has 2 aliphatic rings. The predicted octanol–water partition coefficient (Wildman–Crippen LogP) is 6.19. The van der Waals surface area contributed by atoms with Crippen LogP contribution in [0.4, 0.5) is 15.4 Å². The summed E-state index contributed by atoms with van der Waals surface area (Å²) in [6, 6.07) is 0. The highest BCUT2D eigenvalue weighted by molar-refractivity contribution is 7.54. The summed E-state index contributed by atoms with van der Waals surface area (Å²) in [5.41, 5.74) is -1.79. The van der Waals surface area contributed by atoms with Crippen LogP contribution in [0.15, 0.2) is 6.33 Å². The van der Waals surface area contributed by atoms with Crippen molar-refractivity contribution >= 4 is 54.1 Å². The van der Waals surface area contributed by atoms with E-state index in [1.165, 1.54) is 10.9 Å². The van der Waals surface area contributed by atoms with E-state index in [1.807, 2.05) is 0 Å². The van der Waals surface area contributed by atoms with Crippen LogP contribution in [-0.2, 0) is 42.1 Å². The molecule has 0 aromatic carbocycles. The lowest BCUT2D eigenvalue weighted by Crippen LogP contribution is -2.44. The Morgan fingerprint density at radius 2 is 1.54 bits per heavy atom. The first-order valence-corrected chi connectivity index (χ1v) is 17.8. The minimum Gasteiger partial charge on any atom is -0.443 e. The van der Waals surface area contributed by atoms with Gasteiger partial charge in [0.15, 0.2) is 29.0 Å². The van der Waals surface area contributed by atoms with Gasteiger partial charge in [0.1, 0.15) is 35.4 Å². The zero-order chi connectivity index (χ0) is 35.8. The van der Waals surface area contributed by atoms with Gasteiger partial charge in [-0.3, -0.25) is 13.9 Å². The molecule has 268 valence electrons. The number of halogens is 1. The number of ketones is 1. The summed E-state index contributed by atoms with van der Waals surface area (Å²) < 4.78 is 54.8. The Kier molecular flexibility index (Phi) is 11.3. The van der Waals surface area contributed by atoms with Gasteiger partial charge in [0.25, 0.3) is 0 Å². The number of rotatable bonds is 11. The minimum atomic E-state index is -3.57. The molecule has 2 saturated heterocycles. The van der Waals surface area contributed by atoms with Crippen LogP contribution in [0, 0.1) is 0 Å². The van der Waals surface area contributed by atoms with Gasteiger partial charge in [-0.25, -0.2) is 14.6 Å². The molecule has 0 saturated carbocycles. The summed E-state index contributed by atoms with van der Waals surface area (Å²) in [5.74, 6) is -1.57. The van der Waals surface area contributed by atoms with E-state index in [0.29, 0.717) is 4.90 Å². The van der Waals surface area contributed by atoms with Gasteiger partial charge in [-0.05, 0) is 87.3 Å². The Balaban J connectivity index is 1.67. The number of carbonyl (C=O) groups is 3. The molecule has 0 aliphatic carbocycles. The SMILES string of the molecule is CCOP(=O)(CC(=O)CC[C@H]1O[C@@H](n2cnc3c(N(C(=O)OC(C)(C)C)C(=O)OC(C)(C)C)nc(Cl)nc32)C2OC(C)(C)O[C@H]21)OCC. The van der Waals surface area contributed by atoms with Crippen molar-refractivity contribution in [1.29, 1.82) is 0 Å². The van der Waals surface area contributed by atoms with E-state index in [4.69, 9.17) is 44.3 Å². The van der Waals surface area contributed by atoms with Gasteiger partial charge in [0.05, 0.1) is 25.6 Å². The molecule has 48 heavy (non-hydrogen) atoms. The summed E-state index contributed by atoms with van der Waals surface area (Å²) in [6.45, 7) is 17.0. The number of carbonyl (C=O) groups excluding carboxylic acids is 3. The average Bonchev–Trinajstić information content (AvgIpc) is 3.56. The zero-order valence-corrected chi connectivity index (χ0v) is 30.6. The predicted molar refractivity (Wildman–Crippen MR) is 173 cm³/mol. The van der Waals surface area contributed by atoms with Crippen LogP contribution >= 0.6 is 19.2 Å². The Morgan fingerprint density at radius 1 is 0.979 bits per heavy atom. The van der Waals surface area contributed by atoms with Gasteiger partial charge in [-0.2, -0.15) is 14.9 Å². The normalized spacial score (nSPS) is 22.5. The first kappa shape index (κ1) is 38.1. The Bertz CT molecular complexity index is 1530. The van der Waals surface area contributed by atoms with Crippen LogP contribution in [0.3, 0.4) is 0 Å². The van der Waals surface area contributed by atoms with Crippen LogP contribution in [0.2, 0.25) is 5.28 Å². The van der Waals surface area contributed by atoms with Crippen molar-refractivity contribution in [3.63, 3.8) is 0 Å². The second-order valence-corrected chi connectivity index (χ2v) is 16.1. The van der Waals surface area contributed by atoms with E-state index < -0.39 is 61.3 Å². The fourth-order valence-corrected chi connectivity index (χ4v) is 7.11. The summed E-state index contributed by atoms with van der Waals surface area (Å²) in [4.78, 5) is 53.3. The number of imidazole rings is 1. The number of imide groups is 1. The summed E-state index contributed by atoms with van der Waals surface area (Å²) in [6.07, 6.45) is -3.64. The average molecular weight is 718 g/mol. The number of hydrogen-bond acceptors (Lipinski definition) is 14. The third kappa shape index (κ3) is 9.09. The van der Waals surface area contributed by atoms with Gasteiger partial charge < -0.3 is 32.7 Å². The number of ether oxygens (including phenoxy) is 5. The van der Waals surface area contributed by atoms with Crippen molar-refractivity contribution in [2.45, 2.75) is 124 Å². The van der Waals surface area contributed by atoms with Crippen molar-refractivity contribution in [2.75, 3.05) is 24.3 Å². The van der Waals surface area contributed by atoms with Crippen LogP contribution in [-0.4, -0.2) is 92.2 Å². The van der Waals surface area contributed by atoms with E-state index >= 15 is 0 Å². The highest BCUT2D eigenvalue weighted by Crippen LogP contribution is 2.49. The molecule has 4 heterocycles. The maximum atomic E-state index is 13.4. The molecule has 0 N–H and O–H groups in total. The lowest BCUT2D eigenvalue weighted by atomic mass is 10.0. The molecule has 16 nitrogen and oxygen atoms in total. The summed E-state index contributed by atoms with van der Waals surface area (Å²) >= 11 is 6.37. The van der Waals surface area contributed by atoms with Crippen LogP contribution < -0.4 is 4.90 Å². The molecule has 4 atom stereocenters. The van der Waals surface area contributed by atoms with Crippen LogP contribution in [0.25, 0.3) is 11.2 Å². The number of amides is 2. The molecule has 2 aliphatic heterocycles. The fraction of sp³-hybridized carbons (Fsp3) is 0.733. The number of hydrogen-bond donors (Lipinski definition) is 0. The van der Waals surface area contributed by atoms with Gasteiger partial charge in [-0.15, -0.1) is 0 Å². The van der Waals surface area contributed by atoms with E-state index in [1.54, 1.807) is 69.2 Å². The Labute approximate surface area is 284 Å². The molecule has 0 radical (unpaired) electrons. The Hall–Kier alpha value is -2.72. The molecule has 0 spiro atoms. The molecule has 4 rings (SSSR count). The molecule has 2 aromatic heterocycles. The molecule has 2 amide bonds. The largest absolute Gasteiger partial charge is 0.443 e. The highest BCUT2D eigenvalue weighted by atomic mass is 35.5. The Morgan fingerprint density at radius 3 is 2.08 bits per heavy atom. The van der Waals surface area contributed by atoms with Crippen molar-refractivity contribution in [1.82, 2.24) is 19.5 Å². The zero-order valence-electron chi connectivity index (χ0n) is 29.0.